The van der Waals surface area contributed by atoms with Crippen molar-refractivity contribution in [1.82, 2.24) is 0 Å². The number of carbonyl (C=O) groups excluding carboxylic acids is 2. The number of ether oxygens (including phenoxy) is 3. The minimum Gasteiger partial charge on any atom is -0.457 e. The molecule has 172 valence electrons. The summed E-state index contributed by atoms with van der Waals surface area (Å²) in [7, 11) is -2.13. The van der Waals surface area contributed by atoms with Crippen molar-refractivity contribution in [3.63, 3.8) is 0 Å². The zero-order chi connectivity index (χ0) is 23.0. The van der Waals surface area contributed by atoms with Gasteiger partial charge in [-0.1, -0.05) is 45.0 Å². The fourth-order valence-electron chi connectivity index (χ4n) is 4.00. The first-order valence-electron chi connectivity index (χ1n) is 11.2. The minimum atomic E-state index is -2.13. The van der Waals surface area contributed by atoms with Gasteiger partial charge in [0.2, 0.25) is 0 Å². The summed E-state index contributed by atoms with van der Waals surface area (Å²) in [6.45, 7) is 14.1. The molecular formula is C24H36O6Si. The predicted molar refractivity (Wildman–Crippen MR) is 121 cm³/mol. The van der Waals surface area contributed by atoms with E-state index in [1.54, 1.807) is 0 Å². The second-order valence-corrected chi connectivity index (χ2v) is 14.9. The Kier molecular flexibility index (Phi) is 7.10. The van der Waals surface area contributed by atoms with Crippen molar-refractivity contribution >= 4 is 20.1 Å². The normalized spacial score (nSPS) is 29.4. The molecule has 1 aromatic rings. The lowest BCUT2D eigenvalue weighted by Gasteiger charge is -2.46. The van der Waals surface area contributed by atoms with E-state index in [1.165, 1.54) is 6.92 Å². The third kappa shape index (κ3) is 5.45. The van der Waals surface area contributed by atoms with Crippen LogP contribution in [0, 0.1) is 0 Å². The molecule has 5 atom stereocenters. The summed E-state index contributed by atoms with van der Waals surface area (Å²) in [5.41, 5.74) is 1.80. The number of ketones is 1. The Bertz CT molecular complexity index is 815. The molecule has 1 aliphatic heterocycles. The van der Waals surface area contributed by atoms with Gasteiger partial charge in [0.25, 0.3) is 0 Å². The summed E-state index contributed by atoms with van der Waals surface area (Å²) in [6, 6.07) is 7.69. The van der Waals surface area contributed by atoms with E-state index in [0.29, 0.717) is 12.8 Å². The van der Waals surface area contributed by atoms with Gasteiger partial charge < -0.3 is 18.6 Å². The number of rotatable bonds is 5. The molecular weight excluding hydrogens is 412 g/mol. The van der Waals surface area contributed by atoms with Gasteiger partial charge in [-0.3, -0.25) is 9.59 Å². The van der Waals surface area contributed by atoms with E-state index >= 15 is 0 Å². The van der Waals surface area contributed by atoms with Gasteiger partial charge >= 0.3 is 5.97 Å². The lowest BCUT2D eigenvalue weighted by Crippen LogP contribution is -2.56. The number of aryl methyl sites for hydroxylation is 1. The highest BCUT2D eigenvalue weighted by Crippen LogP contribution is 2.40. The average Bonchev–Trinajstić information content (AvgIpc) is 2.66. The molecule has 1 heterocycles. The minimum absolute atomic E-state index is 0.00192. The maximum Gasteiger partial charge on any atom is 0.303 e. The summed E-state index contributed by atoms with van der Waals surface area (Å²) in [5, 5.41) is 0.00865. The molecule has 1 unspecified atom stereocenters. The van der Waals surface area contributed by atoms with Gasteiger partial charge in [-0.2, -0.15) is 0 Å². The van der Waals surface area contributed by atoms with Crippen LogP contribution < -0.4 is 0 Å². The second-order valence-electron chi connectivity index (χ2n) is 10.2. The van der Waals surface area contributed by atoms with Gasteiger partial charge in [0.15, 0.2) is 26.5 Å². The molecule has 0 bridgehead atoms. The van der Waals surface area contributed by atoms with Crippen LogP contribution in [0.15, 0.2) is 24.3 Å². The molecule has 0 saturated carbocycles. The molecule has 0 amide bonds. The molecule has 1 saturated heterocycles. The van der Waals surface area contributed by atoms with Crippen LogP contribution in [-0.2, 0) is 29.9 Å². The number of esters is 1. The summed E-state index contributed by atoms with van der Waals surface area (Å²) in [4.78, 5) is 24.7. The Morgan fingerprint density at radius 3 is 2.52 bits per heavy atom. The van der Waals surface area contributed by atoms with Gasteiger partial charge in [-0.05, 0) is 43.5 Å². The molecule has 0 spiro atoms. The Morgan fingerprint density at radius 2 is 1.87 bits per heavy atom. The van der Waals surface area contributed by atoms with Crippen molar-refractivity contribution in [1.29, 1.82) is 0 Å². The molecule has 7 heteroatoms. The van der Waals surface area contributed by atoms with Crippen LogP contribution in [0.2, 0.25) is 18.1 Å². The highest BCUT2D eigenvalue weighted by Gasteiger charge is 2.47. The molecule has 1 aliphatic carbocycles. The number of hydrogen-bond donors (Lipinski definition) is 0. The van der Waals surface area contributed by atoms with Crippen LogP contribution in [0.25, 0.3) is 0 Å². The average molecular weight is 449 g/mol. The molecule has 0 radical (unpaired) electrons. The lowest BCUT2D eigenvalue weighted by molar-refractivity contribution is -0.256. The van der Waals surface area contributed by atoms with Crippen molar-refractivity contribution in [2.75, 3.05) is 0 Å². The first kappa shape index (κ1) is 24.1. The number of Topliss-reactive ketones (excluding diaryl/α,β-unsaturated/α-hetero) is 1. The van der Waals surface area contributed by atoms with E-state index in [4.69, 9.17) is 18.6 Å². The van der Waals surface area contributed by atoms with Gasteiger partial charge in [0, 0.05) is 18.9 Å². The van der Waals surface area contributed by atoms with Gasteiger partial charge in [-0.25, -0.2) is 0 Å². The van der Waals surface area contributed by atoms with Crippen molar-refractivity contribution in [3.8, 4) is 0 Å². The SMILES string of the molecule is CC(=O)O[C@@H]1[C@@H](C)O[C@@H](OC2CCc3ccccc3C2=O)C[C@H]1O[Si](C)(C)C(C)(C)C. The van der Waals surface area contributed by atoms with E-state index in [-0.39, 0.29) is 22.9 Å². The third-order valence-corrected chi connectivity index (χ3v) is 11.2. The predicted octanol–water partition coefficient (Wildman–Crippen LogP) is 4.66. The molecule has 31 heavy (non-hydrogen) atoms. The summed E-state index contributed by atoms with van der Waals surface area (Å²) in [5.74, 6) is -0.357. The first-order valence-corrected chi connectivity index (χ1v) is 14.1. The van der Waals surface area contributed by atoms with Gasteiger partial charge in [0.1, 0.15) is 6.10 Å². The topological polar surface area (TPSA) is 71.1 Å². The second kappa shape index (κ2) is 9.14. The van der Waals surface area contributed by atoms with E-state index in [1.807, 2.05) is 31.2 Å². The van der Waals surface area contributed by atoms with E-state index in [0.717, 1.165) is 17.5 Å². The van der Waals surface area contributed by atoms with Crippen LogP contribution in [0.5, 0.6) is 0 Å². The van der Waals surface area contributed by atoms with Crippen LogP contribution >= 0.6 is 0 Å². The molecule has 1 aromatic carbocycles. The van der Waals surface area contributed by atoms with E-state index < -0.39 is 32.9 Å². The summed E-state index contributed by atoms with van der Waals surface area (Å²) in [6.07, 6.45) is -0.524. The summed E-state index contributed by atoms with van der Waals surface area (Å²) >= 11 is 0. The summed E-state index contributed by atoms with van der Waals surface area (Å²) < 4.78 is 24.5. The van der Waals surface area contributed by atoms with Crippen molar-refractivity contribution < 1.29 is 28.2 Å². The Hall–Kier alpha value is -1.54. The Morgan fingerprint density at radius 1 is 1.19 bits per heavy atom. The van der Waals surface area contributed by atoms with Crippen LogP contribution in [-0.4, -0.2) is 50.8 Å². The van der Waals surface area contributed by atoms with Crippen molar-refractivity contribution in [2.45, 2.75) is 103 Å². The number of carbonyl (C=O) groups is 2. The highest BCUT2D eigenvalue weighted by molar-refractivity contribution is 6.74. The molecule has 0 aromatic heterocycles. The molecule has 3 rings (SSSR count). The quantitative estimate of drug-likeness (QED) is 0.482. The molecule has 0 N–H and O–H groups in total. The first-order chi connectivity index (χ1) is 14.4. The smallest absolute Gasteiger partial charge is 0.303 e. The number of hydrogen-bond acceptors (Lipinski definition) is 6. The Balaban J connectivity index is 1.76. The molecule has 6 nitrogen and oxygen atoms in total. The Labute approximate surface area is 186 Å². The standard InChI is InChI=1S/C24H36O6Si/c1-15-23(28-16(2)25)20(30-31(6,7)24(3,4)5)14-21(27-15)29-19-13-12-17-10-8-9-11-18(17)22(19)26/h8-11,15,19-21,23H,12-14H2,1-7H3/t15-,19?,20-,21+,23-/m1/s1. The molecule has 2 aliphatic rings. The molecule has 1 fully saturated rings. The van der Waals surface area contributed by atoms with Crippen LogP contribution in [0.1, 0.15) is 63.4 Å². The van der Waals surface area contributed by atoms with E-state index in [2.05, 4.69) is 33.9 Å². The third-order valence-electron chi connectivity index (χ3n) is 6.74. The number of fused-ring (bicyclic) bond motifs is 1. The van der Waals surface area contributed by atoms with Crippen LogP contribution in [0.3, 0.4) is 0 Å². The largest absolute Gasteiger partial charge is 0.457 e. The monoisotopic (exact) mass is 448 g/mol. The fourth-order valence-corrected chi connectivity index (χ4v) is 5.34. The van der Waals surface area contributed by atoms with Gasteiger partial charge in [-0.15, -0.1) is 0 Å². The fraction of sp³-hybridized carbons (Fsp3) is 0.667. The lowest BCUT2D eigenvalue weighted by atomic mass is 9.88. The number of benzene rings is 1. The van der Waals surface area contributed by atoms with Crippen molar-refractivity contribution in [2.24, 2.45) is 0 Å². The maximum absolute atomic E-state index is 12.9. The van der Waals surface area contributed by atoms with Crippen molar-refractivity contribution in [3.05, 3.63) is 35.4 Å². The zero-order valence-electron chi connectivity index (χ0n) is 19.8. The maximum atomic E-state index is 12.9. The zero-order valence-corrected chi connectivity index (χ0v) is 20.8. The van der Waals surface area contributed by atoms with Gasteiger partial charge in [0.05, 0.1) is 12.2 Å². The van der Waals surface area contributed by atoms with E-state index in [9.17, 15) is 9.59 Å². The highest BCUT2D eigenvalue weighted by atomic mass is 28.4. The van der Waals surface area contributed by atoms with Crippen LogP contribution in [0.4, 0.5) is 0 Å².